The van der Waals surface area contributed by atoms with Crippen LogP contribution >= 0.6 is 0 Å². The summed E-state index contributed by atoms with van der Waals surface area (Å²) in [6.45, 7) is 0. The van der Waals surface area contributed by atoms with Gasteiger partial charge < -0.3 is 13.7 Å². The molecule has 254 valence electrons. The molecule has 0 N–H and O–H groups in total. The van der Waals surface area contributed by atoms with E-state index in [0.29, 0.717) is 11.1 Å². The molecule has 0 saturated heterocycles. The van der Waals surface area contributed by atoms with Crippen LogP contribution in [0.3, 0.4) is 0 Å². The predicted octanol–water partition coefficient (Wildman–Crippen LogP) is 12.4. The van der Waals surface area contributed by atoms with Crippen molar-refractivity contribution in [2.45, 2.75) is 0 Å². The average Bonchev–Trinajstić information content (AvgIpc) is 3.89. The molecular weight excluding hydrogens is 671 g/mol. The molecule has 3 heterocycles. The molecule has 0 unspecified atom stereocenters. The van der Waals surface area contributed by atoms with Gasteiger partial charge in [0.05, 0.1) is 73.4 Å². The number of rotatable bonds is 4. The average molecular weight is 700 g/mol. The fourth-order valence-electron chi connectivity index (χ4n) is 8.90. The van der Waals surface area contributed by atoms with E-state index in [4.69, 9.17) is 0 Å². The van der Waals surface area contributed by atoms with Gasteiger partial charge in [-0.2, -0.15) is 10.5 Å². The summed E-state index contributed by atoms with van der Waals surface area (Å²) in [5.41, 5.74) is 12.5. The van der Waals surface area contributed by atoms with E-state index in [0.717, 1.165) is 82.8 Å². The Bertz CT molecular complexity index is 3420. The first-order chi connectivity index (χ1) is 27.2. The summed E-state index contributed by atoms with van der Waals surface area (Å²) in [7, 11) is 0. The number of fused-ring (bicyclic) bond motifs is 9. The molecule has 0 spiro atoms. The van der Waals surface area contributed by atoms with Crippen molar-refractivity contribution < 1.29 is 0 Å². The van der Waals surface area contributed by atoms with E-state index in [1.54, 1.807) is 0 Å². The first kappa shape index (κ1) is 30.7. The lowest BCUT2D eigenvalue weighted by Gasteiger charge is -2.20. The Hall–Kier alpha value is -7.86. The minimum absolute atomic E-state index is 0.576. The van der Waals surface area contributed by atoms with Gasteiger partial charge in [-0.05, 0) is 60.7 Å². The molecule has 8 aromatic carbocycles. The third kappa shape index (κ3) is 4.33. The molecule has 0 aliphatic carbocycles. The first-order valence-electron chi connectivity index (χ1n) is 18.3. The van der Waals surface area contributed by atoms with Crippen LogP contribution in [0.1, 0.15) is 11.1 Å². The zero-order chi connectivity index (χ0) is 36.6. The molecule has 5 heteroatoms. The molecule has 55 heavy (non-hydrogen) atoms. The monoisotopic (exact) mass is 699 g/mol. The van der Waals surface area contributed by atoms with Crippen LogP contribution in [0.2, 0.25) is 0 Å². The van der Waals surface area contributed by atoms with E-state index < -0.39 is 0 Å². The Balaban J connectivity index is 1.28. The summed E-state index contributed by atoms with van der Waals surface area (Å²) in [6, 6.07) is 65.9. The molecule has 0 bridgehead atoms. The Labute approximate surface area is 316 Å². The van der Waals surface area contributed by atoms with Crippen LogP contribution in [0.5, 0.6) is 0 Å². The van der Waals surface area contributed by atoms with E-state index in [9.17, 15) is 10.5 Å². The maximum absolute atomic E-state index is 10.4. The van der Waals surface area contributed by atoms with Crippen molar-refractivity contribution in [3.05, 3.63) is 187 Å². The highest BCUT2D eigenvalue weighted by Gasteiger charge is 2.24. The van der Waals surface area contributed by atoms with Crippen LogP contribution in [0.25, 0.3) is 93.6 Å². The van der Waals surface area contributed by atoms with E-state index >= 15 is 0 Å². The lowest BCUT2D eigenvalue weighted by molar-refractivity contribution is 1.13. The molecule has 5 nitrogen and oxygen atoms in total. The number of benzene rings is 8. The van der Waals surface area contributed by atoms with E-state index in [1.807, 2.05) is 36.4 Å². The predicted molar refractivity (Wildman–Crippen MR) is 224 cm³/mol. The standard InChI is InChI=1S/C50H29N5/c51-30-32-27-28-38(36-16-3-6-20-41(36)53-45-24-10-5-18-40(45)49-33(31-52)13-11-25-46(49)53)48(29-32)55-44-23-9-4-17-37(44)39-19-12-26-47(50(39)55)54-42-21-7-1-14-34(42)35-15-2-8-22-43(35)54/h1-29H. The topological polar surface area (TPSA) is 62.4 Å². The number of para-hydroxylation sites is 6. The third-order valence-electron chi connectivity index (χ3n) is 11.1. The molecule has 0 amide bonds. The van der Waals surface area contributed by atoms with Crippen LogP contribution in [-0.4, -0.2) is 13.7 Å². The SMILES string of the molecule is N#Cc1ccc(-c2ccccc2-n2c3ccccc3c3c(C#N)cccc32)c(-n2c3ccccc3c3cccc(-n4c5ccccc5c5ccccc54)c32)c1. The Morgan fingerprint density at radius 1 is 0.345 bits per heavy atom. The molecule has 0 atom stereocenters. The van der Waals surface area contributed by atoms with Crippen molar-refractivity contribution in [1.29, 1.82) is 10.5 Å². The fourth-order valence-corrected chi connectivity index (χ4v) is 8.90. The van der Waals surface area contributed by atoms with Crippen molar-refractivity contribution in [2.24, 2.45) is 0 Å². The first-order valence-corrected chi connectivity index (χ1v) is 18.3. The molecule has 11 aromatic rings. The van der Waals surface area contributed by atoms with Gasteiger partial charge in [-0.1, -0.05) is 115 Å². The van der Waals surface area contributed by atoms with Crippen molar-refractivity contribution in [2.75, 3.05) is 0 Å². The van der Waals surface area contributed by atoms with Gasteiger partial charge in [-0.15, -0.1) is 0 Å². The molecule has 11 rings (SSSR count). The van der Waals surface area contributed by atoms with E-state index in [-0.39, 0.29) is 0 Å². The summed E-state index contributed by atoms with van der Waals surface area (Å²) in [6.07, 6.45) is 0. The van der Waals surface area contributed by atoms with Gasteiger partial charge in [0.1, 0.15) is 0 Å². The highest BCUT2D eigenvalue weighted by Crippen LogP contribution is 2.44. The van der Waals surface area contributed by atoms with Crippen LogP contribution < -0.4 is 0 Å². The van der Waals surface area contributed by atoms with Crippen molar-refractivity contribution >= 4 is 65.4 Å². The van der Waals surface area contributed by atoms with Gasteiger partial charge in [0.25, 0.3) is 0 Å². The van der Waals surface area contributed by atoms with Crippen molar-refractivity contribution in [1.82, 2.24) is 13.7 Å². The Morgan fingerprint density at radius 3 is 1.53 bits per heavy atom. The second-order valence-corrected chi connectivity index (χ2v) is 13.9. The lowest BCUT2D eigenvalue weighted by atomic mass is 9.99. The number of hydrogen-bond donors (Lipinski definition) is 0. The highest BCUT2D eigenvalue weighted by atomic mass is 15.1. The molecule has 0 fully saturated rings. The second-order valence-electron chi connectivity index (χ2n) is 13.9. The van der Waals surface area contributed by atoms with Gasteiger partial charge in [-0.25, -0.2) is 0 Å². The molecule has 0 aliphatic rings. The largest absolute Gasteiger partial charge is 0.309 e. The molecule has 0 saturated carbocycles. The van der Waals surface area contributed by atoms with Crippen molar-refractivity contribution in [3.8, 4) is 40.3 Å². The van der Waals surface area contributed by atoms with Crippen molar-refractivity contribution in [3.63, 3.8) is 0 Å². The zero-order valence-electron chi connectivity index (χ0n) is 29.5. The van der Waals surface area contributed by atoms with Gasteiger partial charge in [0.2, 0.25) is 0 Å². The smallest absolute Gasteiger partial charge is 0.0998 e. The minimum atomic E-state index is 0.576. The summed E-state index contributed by atoms with van der Waals surface area (Å²) >= 11 is 0. The number of nitrogens with zero attached hydrogens (tertiary/aromatic N) is 5. The van der Waals surface area contributed by atoms with E-state index in [2.05, 4.69) is 165 Å². The highest BCUT2D eigenvalue weighted by molar-refractivity contribution is 6.16. The van der Waals surface area contributed by atoms with Crippen LogP contribution in [0.4, 0.5) is 0 Å². The maximum atomic E-state index is 10.4. The third-order valence-corrected chi connectivity index (χ3v) is 11.1. The van der Waals surface area contributed by atoms with Gasteiger partial charge in [-0.3, -0.25) is 0 Å². The van der Waals surface area contributed by atoms with Gasteiger partial charge >= 0.3 is 0 Å². The van der Waals surface area contributed by atoms with Crippen LogP contribution in [0, 0.1) is 22.7 Å². The summed E-state index contributed by atoms with van der Waals surface area (Å²) in [5, 5.41) is 27.2. The zero-order valence-corrected chi connectivity index (χ0v) is 29.5. The summed E-state index contributed by atoms with van der Waals surface area (Å²) in [4.78, 5) is 0. The summed E-state index contributed by atoms with van der Waals surface area (Å²) < 4.78 is 7.02. The van der Waals surface area contributed by atoms with Gasteiger partial charge in [0, 0.05) is 43.4 Å². The van der Waals surface area contributed by atoms with E-state index in [1.165, 1.54) is 10.8 Å². The molecule has 0 aliphatic heterocycles. The minimum Gasteiger partial charge on any atom is -0.309 e. The summed E-state index contributed by atoms with van der Waals surface area (Å²) in [5.74, 6) is 0. The lowest BCUT2D eigenvalue weighted by Crippen LogP contribution is -2.04. The van der Waals surface area contributed by atoms with Crippen LogP contribution in [0.15, 0.2) is 176 Å². The number of nitriles is 2. The quantitative estimate of drug-likeness (QED) is 0.184. The molecule has 3 aromatic heterocycles. The number of hydrogen-bond acceptors (Lipinski definition) is 2. The van der Waals surface area contributed by atoms with Crippen LogP contribution in [-0.2, 0) is 0 Å². The Kier molecular flexibility index (Phi) is 6.61. The fraction of sp³-hybridized carbons (Fsp3) is 0. The normalized spacial score (nSPS) is 11.6. The maximum Gasteiger partial charge on any atom is 0.0998 e. The molecule has 0 radical (unpaired) electrons. The second kappa shape index (κ2) is 11.8. The Morgan fingerprint density at radius 2 is 0.836 bits per heavy atom. The van der Waals surface area contributed by atoms with Gasteiger partial charge in [0.15, 0.2) is 0 Å². The number of aromatic nitrogens is 3. The molecular formula is C50H29N5.